The van der Waals surface area contributed by atoms with Crippen molar-refractivity contribution in [2.75, 3.05) is 5.32 Å². The van der Waals surface area contributed by atoms with E-state index >= 15 is 0 Å². The summed E-state index contributed by atoms with van der Waals surface area (Å²) in [6.07, 6.45) is 0. The number of benzene rings is 1. The lowest BCUT2D eigenvalue weighted by atomic mass is 10.1. The number of hydrogen-bond donors (Lipinski definition) is 5. The van der Waals surface area contributed by atoms with E-state index in [9.17, 15) is 0 Å². The summed E-state index contributed by atoms with van der Waals surface area (Å²) in [5.41, 5.74) is 8.24. The van der Waals surface area contributed by atoms with Crippen LogP contribution in [0.25, 0.3) is 0 Å². The molecule has 6 N–H and O–H groups in total. The Morgan fingerprint density at radius 3 is 2.31 bits per heavy atom. The Kier molecular flexibility index (Phi) is 5.32. The van der Waals surface area contributed by atoms with Gasteiger partial charge in [0.15, 0.2) is 11.9 Å². The quantitative estimate of drug-likeness (QED) is 0.381. The van der Waals surface area contributed by atoms with Gasteiger partial charge in [-0.2, -0.15) is 0 Å². The number of rotatable bonds is 1. The van der Waals surface area contributed by atoms with Crippen molar-refractivity contribution in [1.82, 2.24) is 5.32 Å². The second-order valence-electron chi connectivity index (χ2n) is 3.34. The highest BCUT2D eigenvalue weighted by molar-refractivity contribution is 6.02. The number of aryl methyl sites for hydroxylation is 2. The second kappa shape index (κ2) is 5.97. The van der Waals surface area contributed by atoms with Gasteiger partial charge in [-0.1, -0.05) is 6.07 Å². The van der Waals surface area contributed by atoms with Crippen molar-refractivity contribution in [1.29, 1.82) is 10.8 Å². The smallest absolute Gasteiger partial charge is 0.199 e. The average Bonchev–Trinajstić information content (AvgIpc) is 2.10. The van der Waals surface area contributed by atoms with Crippen LogP contribution in [-0.4, -0.2) is 11.9 Å². The number of hydrogen-bond acceptors (Lipinski definition) is 2. The van der Waals surface area contributed by atoms with Crippen molar-refractivity contribution < 1.29 is 0 Å². The fraction of sp³-hybridized carbons (Fsp3) is 0.200. The van der Waals surface area contributed by atoms with E-state index in [1.165, 1.54) is 5.56 Å². The highest BCUT2D eigenvalue weighted by atomic mass is 35.5. The van der Waals surface area contributed by atoms with Gasteiger partial charge in [0.2, 0.25) is 0 Å². The molecule has 0 aliphatic carbocycles. The zero-order valence-corrected chi connectivity index (χ0v) is 10.0. The molecular formula is C10H16ClN5. The van der Waals surface area contributed by atoms with Gasteiger partial charge in [0.05, 0.1) is 0 Å². The Labute approximate surface area is 101 Å². The minimum atomic E-state index is -0.253. The molecule has 0 aliphatic heterocycles. The van der Waals surface area contributed by atoms with Crippen molar-refractivity contribution in [3.05, 3.63) is 29.3 Å². The molecule has 0 spiro atoms. The molecule has 0 heterocycles. The van der Waals surface area contributed by atoms with Crippen LogP contribution >= 0.6 is 12.4 Å². The number of nitrogens with one attached hydrogen (secondary N) is 4. The molecule has 0 unspecified atom stereocenters. The maximum absolute atomic E-state index is 7.44. The van der Waals surface area contributed by atoms with Crippen molar-refractivity contribution in [3.8, 4) is 0 Å². The maximum Gasteiger partial charge on any atom is 0.199 e. The van der Waals surface area contributed by atoms with Crippen LogP contribution in [0.1, 0.15) is 11.1 Å². The Hall–Kier alpha value is -1.75. The summed E-state index contributed by atoms with van der Waals surface area (Å²) in [5, 5.41) is 19.5. The lowest BCUT2D eigenvalue weighted by Gasteiger charge is -2.10. The summed E-state index contributed by atoms with van der Waals surface area (Å²) in [5.74, 6) is -0.262. The van der Waals surface area contributed by atoms with E-state index in [1.807, 2.05) is 32.0 Å². The van der Waals surface area contributed by atoms with Crippen molar-refractivity contribution in [2.45, 2.75) is 13.8 Å². The van der Waals surface area contributed by atoms with Crippen molar-refractivity contribution in [3.63, 3.8) is 0 Å². The molecule has 0 aromatic heterocycles. The van der Waals surface area contributed by atoms with E-state index in [4.69, 9.17) is 16.6 Å². The van der Waals surface area contributed by atoms with E-state index in [0.717, 1.165) is 11.3 Å². The molecule has 0 saturated carbocycles. The highest BCUT2D eigenvalue weighted by Gasteiger charge is 1.99. The molecule has 0 fully saturated rings. The van der Waals surface area contributed by atoms with Gasteiger partial charge in [0, 0.05) is 5.69 Å². The summed E-state index contributed by atoms with van der Waals surface area (Å²) in [7, 11) is 0. The molecular weight excluding hydrogens is 226 g/mol. The van der Waals surface area contributed by atoms with E-state index in [-0.39, 0.29) is 24.3 Å². The SMILES string of the molecule is Cc1ccc(NC(=N)NC(=N)N)cc1C.Cl. The molecule has 1 aromatic carbocycles. The monoisotopic (exact) mass is 241 g/mol. The number of guanidine groups is 2. The van der Waals surface area contributed by atoms with Gasteiger partial charge in [-0.3, -0.25) is 16.1 Å². The minimum absolute atomic E-state index is 0. The largest absolute Gasteiger partial charge is 0.370 e. The van der Waals surface area contributed by atoms with Gasteiger partial charge >= 0.3 is 0 Å². The molecule has 1 aromatic rings. The lowest BCUT2D eigenvalue weighted by molar-refractivity contribution is 1.20. The van der Waals surface area contributed by atoms with Gasteiger partial charge < -0.3 is 11.1 Å². The molecule has 6 heteroatoms. The van der Waals surface area contributed by atoms with Crippen LogP contribution in [0.2, 0.25) is 0 Å². The summed E-state index contributed by atoms with van der Waals surface area (Å²) >= 11 is 0. The Balaban J connectivity index is 0.00000225. The highest BCUT2D eigenvalue weighted by Crippen LogP contribution is 2.13. The van der Waals surface area contributed by atoms with E-state index in [2.05, 4.69) is 10.6 Å². The van der Waals surface area contributed by atoms with Crippen molar-refractivity contribution in [2.24, 2.45) is 5.73 Å². The molecule has 16 heavy (non-hydrogen) atoms. The fourth-order valence-corrected chi connectivity index (χ4v) is 1.13. The van der Waals surface area contributed by atoms with E-state index in [0.29, 0.717) is 0 Å². The number of nitrogens with two attached hydrogens (primary N) is 1. The van der Waals surface area contributed by atoms with Gasteiger partial charge in [-0.15, -0.1) is 12.4 Å². The van der Waals surface area contributed by atoms with E-state index < -0.39 is 0 Å². The predicted octanol–water partition coefficient (Wildman–Crippen LogP) is 1.55. The van der Waals surface area contributed by atoms with Crippen LogP contribution in [0, 0.1) is 24.7 Å². The summed E-state index contributed by atoms with van der Waals surface area (Å²) in [6, 6.07) is 5.78. The average molecular weight is 242 g/mol. The second-order valence-corrected chi connectivity index (χ2v) is 3.34. The van der Waals surface area contributed by atoms with Gasteiger partial charge in [-0.25, -0.2) is 0 Å². The lowest BCUT2D eigenvalue weighted by Crippen LogP contribution is -2.39. The molecule has 0 aliphatic rings. The van der Waals surface area contributed by atoms with Crippen LogP contribution in [0.5, 0.6) is 0 Å². The molecule has 1 rings (SSSR count). The van der Waals surface area contributed by atoms with Crippen LogP contribution in [0.4, 0.5) is 5.69 Å². The zero-order chi connectivity index (χ0) is 11.4. The molecule has 0 atom stereocenters. The van der Waals surface area contributed by atoms with Crippen molar-refractivity contribution >= 4 is 30.0 Å². The number of halogens is 1. The third-order valence-corrected chi connectivity index (χ3v) is 2.04. The fourth-order valence-electron chi connectivity index (χ4n) is 1.13. The molecule has 88 valence electrons. The van der Waals surface area contributed by atoms with Gasteiger partial charge in [0.25, 0.3) is 0 Å². The third kappa shape index (κ3) is 4.18. The third-order valence-electron chi connectivity index (χ3n) is 2.04. The first-order chi connectivity index (χ1) is 6.99. The molecule has 0 radical (unpaired) electrons. The standard InChI is InChI=1S/C10H15N5.ClH/c1-6-3-4-8(5-7(6)2)14-10(13)15-9(11)12;/h3-5H,1-2H3,(H6,11,12,13,14,15);1H. The maximum atomic E-state index is 7.44. The first kappa shape index (κ1) is 14.2. The van der Waals surface area contributed by atoms with Crippen LogP contribution < -0.4 is 16.4 Å². The zero-order valence-electron chi connectivity index (χ0n) is 9.22. The Bertz CT molecular complexity index is 402. The first-order valence-electron chi connectivity index (χ1n) is 4.53. The molecule has 0 bridgehead atoms. The number of anilines is 1. The Morgan fingerprint density at radius 2 is 1.81 bits per heavy atom. The van der Waals surface area contributed by atoms with Crippen LogP contribution in [0.15, 0.2) is 18.2 Å². The normalized spacial score (nSPS) is 8.88. The molecule has 5 nitrogen and oxygen atoms in total. The van der Waals surface area contributed by atoms with Crippen LogP contribution in [0.3, 0.4) is 0 Å². The minimum Gasteiger partial charge on any atom is -0.370 e. The van der Waals surface area contributed by atoms with Crippen LogP contribution in [-0.2, 0) is 0 Å². The first-order valence-corrected chi connectivity index (χ1v) is 4.53. The summed E-state index contributed by atoms with van der Waals surface area (Å²) in [6.45, 7) is 4.03. The topological polar surface area (TPSA) is 97.8 Å². The summed E-state index contributed by atoms with van der Waals surface area (Å²) in [4.78, 5) is 0. The predicted molar refractivity (Wildman–Crippen MR) is 69.6 cm³/mol. The van der Waals surface area contributed by atoms with Gasteiger partial charge in [-0.05, 0) is 37.1 Å². The van der Waals surface area contributed by atoms with E-state index in [1.54, 1.807) is 0 Å². The summed E-state index contributed by atoms with van der Waals surface area (Å²) < 4.78 is 0. The molecule has 0 amide bonds. The van der Waals surface area contributed by atoms with Gasteiger partial charge in [0.1, 0.15) is 0 Å². The Morgan fingerprint density at radius 1 is 1.19 bits per heavy atom. The molecule has 0 saturated heterocycles.